The molecule has 0 aromatic carbocycles. The van der Waals surface area contributed by atoms with Gasteiger partial charge in [-0.15, -0.1) is 0 Å². The molecule has 1 aliphatic carbocycles. The lowest BCUT2D eigenvalue weighted by Crippen LogP contribution is -2.34. The predicted molar refractivity (Wildman–Crippen MR) is 77.6 cm³/mol. The number of aromatic nitrogens is 1. The van der Waals surface area contributed by atoms with E-state index in [1.807, 2.05) is 19.2 Å². The number of hydrogen-bond donors (Lipinski definition) is 1. The molecule has 2 amide bonds. The minimum Gasteiger partial charge on any atom is -0.452 e. The van der Waals surface area contributed by atoms with Gasteiger partial charge in [-0.3, -0.25) is 10.1 Å². The molecule has 0 saturated heterocycles. The van der Waals surface area contributed by atoms with Gasteiger partial charge in [-0.25, -0.2) is 9.59 Å². The van der Waals surface area contributed by atoms with Crippen LogP contribution in [0.25, 0.3) is 0 Å². The SMILES string of the molecule is CCOC(=O)NC(=O)COC(=O)c1cc(C)n(C2CC2)c1C. The lowest BCUT2D eigenvalue weighted by atomic mass is 10.2. The molecule has 0 aliphatic heterocycles. The molecule has 1 aromatic heterocycles. The van der Waals surface area contributed by atoms with Crippen molar-refractivity contribution in [2.75, 3.05) is 13.2 Å². The Morgan fingerprint density at radius 1 is 1.27 bits per heavy atom. The summed E-state index contributed by atoms with van der Waals surface area (Å²) in [6, 6.07) is 2.23. The number of ether oxygens (including phenoxy) is 2. The van der Waals surface area contributed by atoms with Crippen molar-refractivity contribution in [1.82, 2.24) is 9.88 Å². The van der Waals surface area contributed by atoms with Gasteiger partial charge in [-0.2, -0.15) is 0 Å². The number of esters is 1. The highest BCUT2D eigenvalue weighted by Crippen LogP contribution is 2.38. The summed E-state index contributed by atoms with van der Waals surface area (Å²) in [4.78, 5) is 34.6. The average molecular weight is 308 g/mol. The van der Waals surface area contributed by atoms with E-state index in [0.717, 1.165) is 24.2 Å². The Morgan fingerprint density at radius 3 is 2.55 bits per heavy atom. The van der Waals surface area contributed by atoms with Crippen molar-refractivity contribution >= 4 is 18.0 Å². The van der Waals surface area contributed by atoms with Crippen LogP contribution in [0, 0.1) is 13.8 Å². The highest BCUT2D eigenvalue weighted by molar-refractivity contribution is 5.96. The molecule has 1 aromatic rings. The molecule has 7 heteroatoms. The Morgan fingerprint density at radius 2 is 1.95 bits per heavy atom. The summed E-state index contributed by atoms with van der Waals surface area (Å²) in [5, 5.41) is 1.96. The van der Waals surface area contributed by atoms with Gasteiger partial charge in [0.15, 0.2) is 6.61 Å². The molecule has 7 nitrogen and oxygen atoms in total. The van der Waals surface area contributed by atoms with Gasteiger partial charge < -0.3 is 14.0 Å². The average Bonchev–Trinajstić information content (AvgIpc) is 3.22. The van der Waals surface area contributed by atoms with E-state index in [1.54, 1.807) is 13.0 Å². The van der Waals surface area contributed by atoms with Crippen LogP contribution in [0.3, 0.4) is 0 Å². The number of alkyl carbamates (subject to hydrolysis) is 1. The van der Waals surface area contributed by atoms with Crippen molar-refractivity contribution in [3.63, 3.8) is 0 Å². The van der Waals surface area contributed by atoms with Crippen LogP contribution in [0.5, 0.6) is 0 Å². The molecule has 1 aliphatic rings. The first-order valence-electron chi connectivity index (χ1n) is 7.26. The molecule has 1 N–H and O–H groups in total. The number of nitrogens with one attached hydrogen (secondary N) is 1. The van der Waals surface area contributed by atoms with Crippen molar-refractivity contribution in [1.29, 1.82) is 0 Å². The van der Waals surface area contributed by atoms with Crippen molar-refractivity contribution in [2.45, 2.75) is 39.7 Å². The first kappa shape index (κ1) is 16.1. The number of imide groups is 1. The topological polar surface area (TPSA) is 86.6 Å². The summed E-state index contributed by atoms with van der Waals surface area (Å²) in [6.45, 7) is 5.06. The van der Waals surface area contributed by atoms with E-state index in [-0.39, 0.29) is 6.61 Å². The van der Waals surface area contributed by atoms with Gasteiger partial charge in [0.1, 0.15) is 0 Å². The van der Waals surface area contributed by atoms with Crippen LogP contribution in [-0.2, 0) is 14.3 Å². The predicted octanol–water partition coefficient (Wildman–Crippen LogP) is 1.87. The summed E-state index contributed by atoms with van der Waals surface area (Å²) >= 11 is 0. The standard InChI is InChI=1S/C15H20N2O5/c1-4-21-15(20)16-13(18)8-22-14(19)12-7-9(2)17(10(12)3)11-5-6-11/h7,11H,4-6,8H2,1-3H3,(H,16,18,20). The van der Waals surface area contributed by atoms with Crippen LogP contribution in [0.2, 0.25) is 0 Å². The molecule has 0 atom stereocenters. The maximum Gasteiger partial charge on any atom is 0.413 e. The van der Waals surface area contributed by atoms with Gasteiger partial charge in [0, 0.05) is 17.4 Å². The molecule has 1 heterocycles. The Hall–Kier alpha value is -2.31. The van der Waals surface area contributed by atoms with Crippen molar-refractivity contribution < 1.29 is 23.9 Å². The number of carbonyl (C=O) groups excluding carboxylic acids is 3. The first-order chi connectivity index (χ1) is 10.4. The summed E-state index contributed by atoms with van der Waals surface area (Å²) < 4.78 is 11.6. The second-order valence-corrected chi connectivity index (χ2v) is 5.23. The van der Waals surface area contributed by atoms with E-state index < -0.39 is 24.6 Å². The highest BCUT2D eigenvalue weighted by Gasteiger charge is 2.28. The number of aryl methyl sites for hydroxylation is 1. The molecule has 1 saturated carbocycles. The van der Waals surface area contributed by atoms with E-state index in [4.69, 9.17) is 4.74 Å². The molecule has 22 heavy (non-hydrogen) atoms. The zero-order chi connectivity index (χ0) is 16.3. The second kappa shape index (κ2) is 6.64. The van der Waals surface area contributed by atoms with Gasteiger partial charge in [0.25, 0.3) is 5.91 Å². The molecule has 1 fully saturated rings. The third-order valence-corrected chi connectivity index (χ3v) is 3.47. The van der Waals surface area contributed by atoms with Crippen LogP contribution in [-0.4, -0.2) is 35.8 Å². The number of amides is 2. The number of hydrogen-bond acceptors (Lipinski definition) is 5. The van der Waals surface area contributed by atoms with Gasteiger partial charge in [-0.05, 0) is 39.7 Å². The van der Waals surface area contributed by atoms with Gasteiger partial charge >= 0.3 is 12.1 Å². The van der Waals surface area contributed by atoms with Crippen molar-refractivity contribution in [3.05, 3.63) is 23.0 Å². The molecule has 120 valence electrons. The fraction of sp³-hybridized carbons (Fsp3) is 0.533. The fourth-order valence-corrected chi connectivity index (χ4v) is 2.40. The Kier molecular flexibility index (Phi) is 4.85. The molecule has 0 spiro atoms. The molecule has 2 rings (SSSR count). The first-order valence-corrected chi connectivity index (χ1v) is 7.26. The lowest BCUT2D eigenvalue weighted by Gasteiger charge is -2.08. The van der Waals surface area contributed by atoms with Crippen molar-refractivity contribution in [3.8, 4) is 0 Å². The molecule has 0 unspecified atom stereocenters. The minimum atomic E-state index is -0.851. The van der Waals surface area contributed by atoms with Crippen LogP contribution in [0.15, 0.2) is 6.07 Å². The van der Waals surface area contributed by atoms with Crippen LogP contribution < -0.4 is 5.32 Å². The third-order valence-electron chi connectivity index (χ3n) is 3.47. The summed E-state index contributed by atoms with van der Waals surface area (Å²) in [5.41, 5.74) is 2.30. The number of rotatable bonds is 5. The molecular weight excluding hydrogens is 288 g/mol. The maximum absolute atomic E-state index is 12.1. The monoisotopic (exact) mass is 308 g/mol. The zero-order valence-corrected chi connectivity index (χ0v) is 13.0. The highest BCUT2D eigenvalue weighted by atomic mass is 16.6. The van der Waals surface area contributed by atoms with Gasteiger partial charge in [0.05, 0.1) is 12.2 Å². The van der Waals surface area contributed by atoms with Gasteiger partial charge in [-0.1, -0.05) is 0 Å². The fourth-order valence-electron chi connectivity index (χ4n) is 2.40. The number of nitrogens with zero attached hydrogens (tertiary/aromatic N) is 1. The molecule has 0 bridgehead atoms. The smallest absolute Gasteiger partial charge is 0.413 e. The largest absolute Gasteiger partial charge is 0.452 e. The van der Waals surface area contributed by atoms with E-state index >= 15 is 0 Å². The summed E-state index contributed by atoms with van der Waals surface area (Å²) in [5.74, 6) is -1.29. The van der Waals surface area contributed by atoms with E-state index in [1.165, 1.54) is 0 Å². The minimum absolute atomic E-state index is 0.159. The third kappa shape index (κ3) is 3.66. The Balaban J connectivity index is 1.91. The van der Waals surface area contributed by atoms with Gasteiger partial charge in [0.2, 0.25) is 0 Å². The molecule has 0 radical (unpaired) electrons. The quantitative estimate of drug-likeness (QED) is 0.839. The van der Waals surface area contributed by atoms with Crippen LogP contribution >= 0.6 is 0 Å². The Bertz CT molecular complexity index is 601. The van der Waals surface area contributed by atoms with E-state index in [9.17, 15) is 14.4 Å². The summed E-state index contributed by atoms with van der Waals surface area (Å²) in [7, 11) is 0. The zero-order valence-electron chi connectivity index (χ0n) is 13.0. The maximum atomic E-state index is 12.1. The van der Waals surface area contributed by atoms with Crippen LogP contribution in [0.1, 0.15) is 47.6 Å². The second-order valence-electron chi connectivity index (χ2n) is 5.23. The summed E-state index contributed by atoms with van der Waals surface area (Å²) in [6.07, 6.45) is 1.38. The Labute approximate surface area is 128 Å². The van der Waals surface area contributed by atoms with E-state index in [2.05, 4.69) is 9.30 Å². The molecular formula is C15H20N2O5. The normalized spacial score (nSPS) is 13.6. The number of carbonyl (C=O) groups is 3. The van der Waals surface area contributed by atoms with Crippen molar-refractivity contribution in [2.24, 2.45) is 0 Å². The van der Waals surface area contributed by atoms with Crippen LogP contribution in [0.4, 0.5) is 4.79 Å². The van der Waals surface area contributed by atoms with E-state index in [0.29, 0.717) is 11.6 Å². The lowest BCUT2D eigenvalue weighted by molar-refractivity contribution is -0.123.